The molecule has 24 bridgehead atoms. The van der Waals surface area contributed by atoms with Crippen molar-refractivity contribution in [3.8, 4) is 101 Å². The third-order valence-corrected chi connectivity index (χ3v) is 18.9. The first-order valence-electron chi connectivity index (χ1n) is 36.8. The van der Waals surface area contributed by atoms with Gasteiger partial charge >= 0.3 is 132 Å². The Kier molecular flexibility index (Phi) is 26.8. The third kappa shape index (κ3) is 34.4. The standard InChI is InChI=1S/C84H80N4.2C2H3N.4F6P/c1-53-41-77-57(5)37-73(53)69-21-29-85(30-22-69)49-65-13-15-66(16-14-65)50-86-33-25-71(26-34-86)75-39-59(7)79(43-55(75)3)83-47-64(12)84(48-63(83)11)80-44-56(4)76(40-60(80)8)72-27-35-88(36-28-72)52-68-19-17-67(18-20-68)51-87-31-23-70(24-32-87)74-38-58(6)78(42-54(74)2)82-46-61(9)81(77)45-62(82)10;2*1-2-3;4*1-7(2,3,4,5)6/h13-48H,49-52H2,1-12H3;2*1H3;;;;/q+4;;;4*-1. The monoisotopic (exact) mass is 1810 g/mol. The molecule has 34 aliphatic heterocycles. The van der Waals surface area contributed by atoms with Gasteiger partial charge in [-0.05, 0) is 239 Å². The van der Waals surface area contributed by atoms with E-state index in [1.807, 2.05) is 0 Å². The predicted molar refractivity (Wildman–Crippen MR) is 440 cm³/mol. The zero-order chi connectivity index (χ0) is 92.1. The first-order chi connectivity index (χ1) is 55.1. The van der Waals surface area contributed by atoms with Gasteiger partial charge in [-0.15, -0.1) is 0 Å². The molecule has 656 valence electrons. The summed E-state index contributed by atoms with van der Waals surface area (Å²) in [5.74, 6) is 0. The van der Waals surface area contributed by atoms with E-state index in [9.17, 15) is 101 Å². The van der Waals surface area contributed by atoms with Gasteiger partial charge < -0.3 is 0 Å². The molecule has 122 heavy (non-hydrogen) atoms. The second-order valence-corrected chi connectivity index (χ2v) is 37.5. The maximum absolute atomic E-state index is 10.7. The molecular formula is C88H86F24N6P4. The van der Waals surface area contributed by atoms with Gasteiger partial charge in [0.05, 0.1) is 12.1 Å². The second kappa shape index (κ2) is 33.2. The number of halogens is 24. The SMILES string of the molecule is CC#N.CC#N.Cc1cc2c(C)cc1-c1cc[n+](cc1)Cc1ccc(cc1)C[n+]1ccc(cc1)-c1cc(C)c(cc1C)-c1cc(C)c(cc1C)-c1cc(C)c(cc1C)-c1cc[n+](cc1)Cc1ccc(cc1)C[n+]1ccc(cc1)-c1cc(C)c(cc1C)-c1cc(C)c-2cc1C.F[P-](F)(F)(F)(F)F.F[P-](F)(F)(F)(F)F.F[P-](F)(F)(F)(F)F.F[P-](F)(F)(F)(F)F. The van der Waals surface area contributed by atoms with Crippen LogP contribution in [0.2, 0.25) is 0 Å². The summed E-state index contributed by atoms with van der Waals surface area (Å²) in [4.78, 5) is 0. The van der Waals surface area contributed by atoms with E-state index in [2.05, 4.69) is 321 Å². The Morgan fingerprint density at radius 3 is 0.393 bits per heavy atom. The third-order valence-electron chi connectivity index (χ3n) is 18.9. The minimum atomic E-state index is -10.7. The number of aromatic nitrogens is 4. The topological polar surface area (TPSA) is 63.1 Å². The van der Waals surface area contributed by atoms with E-state index < -0.39 is 31.2 Å². The van der Waals surface area contributed by atoms with Gasteiger partial charge in [-0.1, -0.05) is 121 Å². The van der Waals surface area contributed by atoms with Crippen molar-refractivity contribution in [1.82, 2.24) is 0 Å². The number of benzene rings is 8. The molecule has 38 heterocycles. The number of hydrogen-bond acceptors (Lipinski definition) is 2. The Morgan fingerprint density at radius 1 is 0.197 bits per heavy atom. The summed E-state index contributed by atoms with van der Waals surface area (Å²) < 4.78 is 246. The zero-order valence-electron chi connectivity index (χ0n) is 68.2. The Labute approximate surface area is 690 Å². The normalized spacial score (nSPS) is 14.2. The minimum absolute atomic E-state index is 0.811. The fourth-order valence-corrected chi connectivity index (χ4v) is 13.8. The first kappa shape index (κ1) is 98.5. The molecule has 34 aliphatic rings. The molecule has 0 aliphatic carbocycles. The van der Waals surface area contributed by atoms with Crippen LogP contribution in [0.4, 0.5) is 101 Å². The van der Waals surface area contributed by atoms with Crippen molar-refractivity contribution in [3.63, 3.8) is 0 Å². The van der Waals surface area contributed by atoms with E-state index >= 15 is 0 Å². The summed E-state index contributed by atoms with van der Waals surface area (Å²) in [5, 5.41) is 14.6. The van der Waals surface area contributed by atoms with Crippen LogP contribution in [-0.4, -0.2) is 0 Å². The average Bonchev–Trinajstić information content (AvgIpc) is 0.771. The van der Waals surface area contributed by atoms with Crippen molar-refractivity contribution < 1.29 is 119 Å². The van der Waals surface area contributed by atoms with Gasteiger partial charge in [0, 0.05) is 84.6 Å². The molecule has 12 aromatic rings. The number of nitriles is 2. The van der Waals surface area contributed by atoms with Crippen molar-refractivity contribution in [2.45, 2.75) is 123 Å². The predicted octanol–water partition coefficient (Wildman–Crippen LogP) is 33.0. The summed E-state index contributed by atoms with van der Waals surface area (Å²) in [6, 6.07) is 68.6. The molecule has 6 nitrogen and oxygen atoms in total. The Morgan fingerprint density at radius 2 is 0.287 bits per heavy atom. The molecule has 0 N–H and O–H groups in total. The van der Waals surface area contributed by atoms with Gasteiger partial charge in [0.1, 0.15) is 0 Å². The molecule has 0 spiro atoms. The summed E-state index contributed by atoms with van der Waals surface area (Å²) in [5.41, 5.74) is 40.9. The number of hydrogen-bond donors (Lipinski definition) is 0. The van der Waals surface area contributed by atoms with Crippen molar-refractivity contribution >= 4 is 31.2 Å². The van der Waals surface area contributed by atoms with Crippen LogP contribution < -0.4 is 18.3 Å². The van der Waals surface area contributed by atoms with Crippen LogP contribution in [0.1, 0.15) is 103 Å². The van der Waals surface area contributed by atoms with Gasteiger partial charge in [0.15, 0.2) is 75.8 Å². The fourth-order valence-electron chi connectivity index (χ4n) is 13.8. The average molecular weight is 1810 g/mol. The molecular weight excluding hydrogens is 1720 g/mol. The molecule has 34 heteroatoms. The van der Waals surface area contributed by atoms with E-state index in [0.29, 0.717) is 0 Å². The van der Waals surface area contributed by atoms with E-state index in [1.54, 1.807) is 12.1 Å². The zero-order valence-corrected chi connectivity index (χ0v) is 71.7. The van der Waals surface area contributed by atoms with Crippen LogP contribution in [0.5, 0.6) is 0 Å². The van der Waals surface area contributed by atoms with Gasteiger partial charge in [-0.2, -0.15) is 10.5 Å². The number of nitrogens with zero attached hydrogens (tertiary/aromatic N) is 6. The number of pyridine rings is 4. The Hall–Kier alpha value is -10.6. The Bertz CT molecular complexity index is 5210. The van der Waals surface area contributed by atoms with Crippen LogP contribution in [0, 0.1) is 106 Å². The van der Waals surface area contributed by atoms with Crippen molar-refractivity contribution in [2.24, 2.45) is 0 Å². The van der Waals surface area contributed by atoms with Gasteiger partial charge in [0.25, 0.3) is 0 Å². The fraction of sp³-hybridized carbons (Fsp3) is 0.205. The van der Waals surface area contributed by atoms with Crippen molar-refractivity contribution in [2.75, 3.05) is 0 Å². The molecule has 0 saturated heterocycles. The van der Waals surface area contributed by atoms with Crippen LogP contribution in [-0.2, 0) is 26.2 Å². The number of rotatable bonds is 0. The first-order valence-corrected chi connectivity index (χ1v) is 44.9. The van der Waals surface area contributed by atoms with E-state index in [-0.39, 0.29) is 0 Å². The summed E-state index contributed by atoms with van der Waals surface area (Å²) in [7, 11) is -42.6. The summed E-state index contributed by atoms with van der Waals surface area (Å²) in [6.07, 6.45) is 17.8. The van der Waals surface area contributed by atoms with Crippen LogP contribution in [0.25, 0.3) is 89.0 Å². The van der Waals surface area contributed by atoms with Crippen molar-refractivity contribution in [3.05, 3.63) is 308 Å². The molecule has 4 aromatic heterocycles. The van der Waals surface area contributed by atoms with Crippen LogP contribution >= 0.6 is 31.2 Å². The van der Waals surface area contributed by atoms with Crippen LogP contribution in [0.3, 0.4) is 0 Å². The van der Waals surface area contributed by atoms with Gasteiger partial charge in [0.2, 0.25) is 0 Å². The molecule has 0 radical (unpaired) electrons. The van der Waals surface area contributed by atoms with Gasteiger partial charge in [-0.25, -0.2) is 18.3 Å². The molecule has 0 atom stereocenters. The number of aryl methyl sites for hydroxylation is 12. The molecule has 0 fully saturated rings. The molecule has 0 amide bonds. The summed E-state index contributed by atoms with van der Waals surface area (Å²) in [6.45, 7) is 33.3. The maximum atomic E-state index is 9.87. The van der Waals surface area contributed by atoms with Gasteiger partial charge in [-0.3, -0.25) is 0 Å². The molecule has 0 unspecified atom stereocenters. The van der Waals surface area contributed by atoms with Crippen LogP contribution in [0.15, 0.2) is 219 Å². The quantitative estimate of drug-likeness (QED) is 0.0863. The van der Waals surface area contributed by atoms with E-state index in [4.69, 9.17) is 10.5 Å². The second-order valence-electron chi connectivity index (χ2n) is 29.8. The molecule has 8 aromatic carbocycles. The molecule has 0 saturated carbocycles. The summed E-state index contributed by atoms with van der Waals surface area (Å²) >= 11 is 0. The van der Waals surface area contributed by atoms with Crippen molar-refractivity contribution in [1.29, 1.82) is 10.5 Å². The Balaban J connectivity index is 0.000000509. The molecule has 46 rings (SSSR count). The van der Waals surface area contributed by atoms with E-state index in [1.165, 1.54) is 192 Å². The van der Waals surface area contributed by atoms with E-state index in [0.717, 1.165) is 26.2 Å².